The van der Waals surface area contributed by atoms with E-state index in [9.17, 15) is 67.6 Å². The third-order valence-corrected chi connectivity index (χ3v) is 15.0. The molecule has 5 aromatic carbocycles. The van der Waals surface area contributed by atoms with Crippen LogP contribution in [0.3, 0.4) is 0 Å². The number of piperazine rings is 2. The number of carbonyl (C=O) groups excluding carboxylic acids is 2. The van der Waals surface area contributed by atoms with E-state index in [1.54, 1.807) is 67.5 Å². The number of nitro benzene ring substituents is 4. The number of hydrogen-bond acceptors (Lipinski definition) is 27. The Bertz CT molecular complexity index is 4600. The van der Waals surface area contributed by atoms with Gasteiger partial charge in [0, 0.05) is 169 Å². The normalized spacial score (nSPS) is 12.5. The Kier molecular flexibility index (Phi) is 24.6. The third kappa shape index (κ3) is 19.6. The lowest BCUT2D eigenvalue weighted by atomic mass is 10.1. The lowest BCUT2D eigenvalue weighted by Crippen LogP contribution is -2.48. The van der Waals surface area contributed by atoms with Crippen LogP contribution >= 0.6 is 0 Å². The number of carbonyl (C=O) groups is 2. The van der Waals surface area contributed by atoms with Gasteiger partial charge in [-0.15, -0.1) is 0 Å². The minimum atomic E-state index is -1.25. The van der Waals surface area contributed by atoms with Crippen LogP contribution in [0, 0.1) is 63.7 Å². The molecule has 0 atom stereocenters. The molecule has 0 spiro atoms. The minimum absolute atomic E-state index is 0.0342. The second-order valence-corrected chi connectivity index (χ2v) is 23.2. The number of nitrogens with one attached hydrogen (secondary N) is 1. The Morgan fingerprint density at radius 1 is 0.398 bits per heavy atom. The molecule has 33 nitrogen and oxygen atoms in total. The van der Waals surface area contributed by atoms with Crippen molar-refractivity contribution in [2.75, 3.05) is 90.4 Å². The van der Waals surface area contributed by atoms with Crippen molar-refractivity contribution in [1.82, 2.24) is 59.6 Å². The van der Waals surface area contributed by atoms with Crippen LogP contribution in [0.25, 0.3) is 56.9 Å². The van der Waals surface area contributed by atoms with Gasteiger partial charge >= 0.3 is 22.7 Å². The summed E-state index contributed by atoms with van der Waals surface area (Å²) >= 11 is 0. The van der Waals surface area contributed by atoms with E-state index in [1.165, 1.54) is 55.6 Å². The van der Waals surface area contributed by atoms with Crippen LogP contribution in [0.1, 0.15) is 34.6 Å². The quantitative estimate of drug-likeness (QED) is 0.0328. The van der Waals surface area contributed by atoms with Gasteiger partial charge < -0.3 is 47.9 Å². The molecule has 2 saturated heterocycles. The van der Waals surface area contributed by atoms with Gasteiger partial charge in [0.05, 0.1) is 31.1 Å². The molecule has 7 heterocycles. The first-order chi connectivity index (χ1) is 49.0. The zero-order valence-corrected chi connectivity index (χ0v) is 55.5. The van der Waals surface area contributed by atoms with Gasteiger partial charge in [0.2, 0.25) is 17.6 Å². The standard InChI is InChI=1S/C16H18N6O3.C16H20N6O.C14H15FN4O2.C10H5F2N3O2.C10H7FN4O2/c1-11(23)20-5-7-21(8-6-20)12-9-13(16-18-3-2-4-19-16)15(22(24)25)14(17)10-12;1-11(23)21-5-7-22(8-6-21)12-9-13(15(18)14(17)10-12)16-19-3-2-4-20-16;1-14(2,3)18-11-8-9(15)7-10(12(11)19(20)21)13-16-5-4-6-17-13;2*11-6-4-7(10-13-2-1-3-14-10)9(15(16)17)8(12)5-6/h2-4,9-10H,5-8,17H2,1H3;2-4,9-10H,5-8,17-18H2,1H3;4-8,18H,1-3H3;1-5H;1-5H,12H2. The van der Waals surface area contributed by atoms with E-state index in [0.717, 1.165) is 60.4 Å². The second kappa shape index (κ2) is 33.7. The summed E-state index contributed by atoms with van der Waals surface area (Å²) in [5.41, 5.74) is 24.8. The molecule has 103 heavy (non-hydrogen) atoms. The molecule has 0 unspecified atom stereocenters. The van der Waals surface area contributed by atoms with Crippen LogP contribution in [-0.2, 0) is 9.59 Å². The maximum absolute atomic E-state index is 13.8. The highest BCUT2D eigenvalue weighted by Crippen LogP contribution is 2.40. The van der Waals surface area contributed by atoms with Crippen molar-refractivity contribution < 1.29 is 46.8 Å². The summed E-state index contributed by atoms with van der Waals surface area (Å²) in [6.07, 6.45) is 14.8. The fraction of sp³-hybridized carbons (Fsp3) is 0.212. The molecular formula is C66H65F4N23O10. The Morgan fingerprint density at radius 3 is 1.04 bits per heavy atom. The topological polar surface area (TPSA) is 465 Å². The second-order valence-electron chi connectivity index (χ2n) is 23.2. The average Bonchev–Trinajstić information content (AvgIpc) is 0.809. The van der Waals surface area contributed by atoms with Gasteiger partial charge in [0.25, 0.3) is 0 Å². The monoisotopic (exact) mass is 1420 g/mol. The maximum atomic E-state index is 13.8. The molecule has 10 aromatic rings. The molecule has 2 fully saturated rings. The number of hydrogen-bond donors (Lipinski definition) is 5. The van der Waals surface area contributed by atoms with E-state index >= 15 is 0 Å². The lowest BCUT2D eigenvalue weighted by molar-refractivity contribution is -0.386. The van der Waals surface area contributed by atoms with Crippen LogP contribution in [-0.4, -0.2) is 149 Å². The van der Waals surface area contributed by atoms with Gasteiger partial charge in [0.1, 0.15) is 56.8 Å². The number of nitro groups is 4. The molecule has 2 aliphatic rings. The van der Waals surface area contributed by atoms with E-state index in [1.807, 2.05) is 42.7 Å². The van der Waals surface area contributed by atoms with Gasteiger partial charge in [-0.25, -0.2) is 63.0 Å². The number of rotatable bonds is 12. The number of benzene rings is 5. The number of nitrogen functional groups attached to an aromatic ring is 4. The van der Waals surface area contributed by atoms with Crippen molar-refractivity contribution in [1.29, 1.82) is 0 Å². The minimum Gasteiger partial charge on any atom is -0.397 e. The van der Waals surface area contributed by atoms with E-state index < -0.39 is 59.9 Å². The number of amides is 2. The Labute approximate surface area is 583 Å². The first-order valence-corrected chi connectivity index (χ1v) is 30.8. The zero-order valence-electron chi connectivity index (χ0n) is 55.5. The first kappa shape index (κ1) is 75.1. The summed E-state index contributed by atoms with van der Waals surface area (Å²) in [5, 5.41) is 47.4. The predicted octanol–water partition coefficient (Wildman–Crippen LogP) is 9.78. The van der Waals surface area contributed by atoms with Crippen molar-refractivity contribution >= 4 is 74.4 Å². The predicted molar refractivity (Wildman–Crippen MR) is 374 cm³/mol. The van der Waals surface area contributed by atoms with E-state index in [4.69, 9.17) is 22.9 Å². The summed E-state index contributed by atoms with van der Waals surface area (Å²) in [5.74, 6) is -2.39. The number of aromatic nitrogens is 10. The average molecular weight is 1420 g/mol. The molecular weight excluding hydrogens is 1350 g/mol. The molecule has 2 amide bonds. The van der Waals surface area contributed by atoms with Gasteiger partial charge in [0.15, 0.2) is 29.1 Å². The summed E-state index contributed by atoms with van der Waals surface area (Å²) in [6, 6.07) is 20.5. The van der Waals surface area contributed by atoms with Gasteiger partial charge in [-0.2, -0.15) is 4.39 Å². The van der Waals surface area contributed by atoms with Gasteiger partial charge in [-0.1, -0.05) is 0 Å². The molecule has 12 rings (SSSR count). The molecule has 9 N–H and O–H groups in total. The van der Waals surface area contributed by atoms with Crippen LogP contribution < -0.4 is 38.1 Å². The Balaban J connectivity index is 0.000000164. The summed E-state index contributed by atoms with van der Waals surface area (Å²) < 4.78 is 53.4. The van der Waals surface area contributed by atoms with Crippen LogP contribution in [0.5, 0.6) is 0 Å². The molecule has 0 saturated carbocycles. The van der Waals surface area contributed by atoms with Crippen LogP contribution in [0.15, 0.2) is 153 Å². The Morgan fingerprint density at radius 2 is 0.689 bits per heavy atom. The summed E-state index contributed by atoms with van der Waals surface area (Å²) in [7, 11) is 0. The first-order valence-electron chi connectivity index (χ1n) is 30.8. The third-order valence-electron chi connectivity index (χ3n) is 15.0. The highest BCUT2D eigenvalue weighted by atomic mass is 19.1. The molecule has 0 aliphatic carbocycles. The Hall–Kier alpha value is -13.6. The van der Waals surface area contributed by atoms with Crippen molar-refractivity contribution in [3.63, 3.8) is 0 Å². The van der Waals surface area contributed by atoms with Crippen LogP contribution in [0.4, 0.5) is 80.1 Å². The fourth-order valence-electron chi connectivity index (χ4n) is 10.4. The number of halogens is 4. The number of nitrogens with zero attached hydrogens (tertiary/aromatic N) is 18. The molecule has 0 radical (unpaired) electrons. The van der Waals surface area contributed by atoms with E-state index in [-0.39, 0.29) is 85.8 Å². The van der Waals surface area contributed by atoms with Gasteiger partial charge in [-0.05, 0) is 93.6 Å². The maximum Gasteiger partial charge on any atom is 0.315 e. The van der Waals surface area contributed by atoms with Crippen molar-refractivity contribution in [3.8, 4) is 56.9 Å². The molecule has 0 bridgehead atoms. The van der Waals surface area contributed by atoms with E-state index in [2.05, 4.69) is 60.1 Å². The fourth-order valence-corrected chi connectivity index (χ4v) is 10.4. The van der Waals surface area contributed by atoms with Crippen molar-refractivity contribution in [3.05, 3.63) is 217 Å². The molecule has 532 valence electrons. The number of nitrogens with two attached hydrogens (primary N) is 4. The summed E-state index contributed by atoms with van der Waals surface area (Å²) in [6.45, 7) is 14.0. The van der Waals surface area contributed by atoms with Crippen molar-refractivity contribution in [2.45, 2.75) is 40.2 Å². The number of anilines is 7. The zero-order chi connectivity index (χ0) is 74.8. The SMILES string of the molecule is CC(=O)N1CCN(c2cc(N)c(N)c(-c3ncccn3)c2)CC1.CC(=O)N1CCN(c2cc(N)c([N+](=O)[O-])c(-c3ncccn3)c2)CC1.CC(C)(C)Nc1cc(F)cc(-c2ncccn2)c1[N+](=O)[O-].Nc1cc(F)cc(-c2ncccn2)c1[N+](=O)[O-].O=[N+]([O-])c1c(F)cc(F)cc1-c1ncccn1. The molecule has 37 heteroatoms. The highest BCUT2D eigenvalue weighted by molar-refractivity contribution is 5.87. The van der Waals surface area contributed by atoms with Gasteiger partial charge in [-0.3, -0.25) is 50.0 Å². The molecule has 5 aromatic heterocycles. The lowest BCUT2D eigenvalue weighted by Gasteiger charge is -2.36. The highest BCUT2D eigenvalue weighted by Gasteiger charge is 2.30. The molecule has 2 aliphatic heterocycles. The largest absolute Gasteiger partial charge is 0.397 e. The smallest absolute Gasteiger partial charge is 0.315 e. The van der Waals surface area contributed by atoms with Crippen molar-refractivity contribution in [2.24, 2.45) is 0 Å². The van der Waals surface area contributed by atoms with Crippen LogP contribution in [0.2, 0.25) is 0 Å². The summed E-state index contributed by atoms with van der Waals surface area (Å²) in [4.78, 5) is 112. The van der Waals surface area contributed by atoms with E-state index in [0.29, 0.717) is 62.5 Å².